The van der Waals surface area contributed by atoms with Gasteiger partial charge in [-0.05, 0) is 42.5 Å². The van der Waals surface area contributed by atoms with Crippen molar-refractivity contribution in [1.29, 1.82) is 0 Å². The highest BCUT2D eigenvalue weighted by molar-refractivity contribution is 5.94. The van der Waals surface area contributed by atoms with E-state index < -0.39 is 11.6 Å². The van der Waals surface area contributed by atoms with E-state index in [1.54, 1.807) is 12.0 Å². The van der Waals surface area contributed by atoms with Crippen molar-refractivity contribution in [2.75, 3.05) is 38.2 Å². The summed E-state index contributed by atoms with van der Waals surface area (Å²) in [6, 6.07) is 14.6. The van der Waals surface area contributed by atoms with Crippen molar-refractivity contribution in [3.63, 3.8) is 0 Å². The molecule has 1 aliphatic rings. The van der Waals surface area contributed by atoms with E-state index in [1.807, 2.05) is 41.3 Å². The quantitative estimate of drug-likeness (QED) is 0.660. The van der Waals surface area contributed by atoms with Crippen LogP contribution in [0.4, 0.5) is 14.6 Å². The zero-order chi connectivity index (χ0) is 21.1. The van der Waals surface area contributed by atoms with Gasteiger partial charge in [0.1, 0.15) is 5.75 Å². The lowest BCUT2D eigenvalue weighted by molar-refractivity contribution is 0.0746. The van der Waals surface area contributed by atoms with E-state index in [0.29, 0.717) is 26.2 Å². The molecule has 1 amide bonds. The van der Waals surface area contributed by atoms with Gasteiger partial charge in [0.25, 0.3) is 5.91 Å². The standard InChI is InChI=1S/C22H20F2N4O2/c1-30-17-4-2-3-15(13-17)20-7-8-21(26-25-20)27-9-11-28(12-10-27)22(29)16-5-6-18(23)19(24)14-16/h2-8,13-14H,9-12H2,1H3. The Morgan fingerprint density at radius 3 is 2.40 bits per heavy atom. The number of piperazine rings is 1. The number of rotatable bonds is 4. The van der Waals surface area contributed by atoms with Crippen LogP contribution in [0, 0.1) is 11.6 Å². The van der Waals surface area contributed by atoms with E-state index in [9.17, 15) is 13.6 Å². The van der Waals surface area contributed by atoms with Crippen LogP contribution < -0.4 is 9.64 Å². The van der Waals surface area contributed by atoms with Gasteiger partial charge in [-0.1, -0.05) is 12.1 Å². The minimum absolute atomic E-state index is 0.143. The highest BCUT2D eigenvalue weighted by atomic mass is 19.2. The Morgan fingerprint density at radius 1 is 0.933 bits per heavy atom. The third-order valence-corrected chi connectivity index (χ3v) is 5.07. The molecule has 4 rings (SSSR count). The molecule has 1 fully saturated rings. The summed E-state index contributed by atoms with van der Waals surface area (Å²) in [4.78, 5) is 16.2. The first-order valence-electron chi connectivity index (χ1n) is 9.52. The van der Waals surface area contributed by atoms with Gasteiger partial charge in [0.15, 0.2) is 17.5 Å². The molecule has 0 bridgehead atoms. The van der Waals surface area contributed by atoms with Gasteiger partial charge in [0.2, 0.25) is 0 Å². The van der Waals surface area contributed by atoms with E-state index in [4.69, 9.17) is 4.74 Å². The lowest BCUT2D eigenvalue weighted by atomic mass is 10.1. The number of hydrogen-bond donors (Lipinski definition) is 0. The van der Waals surface area contributed by atoms with E-state index >= 15 is 0 Å². The fraction of sp³-hybridized carbons (Fsp3) is 0.227. The topological polar surface area (TPSA) is 58.6 Å². The molecule has 2 aromatic carbocycles. The predicted octanol–water partition coefficient (Wildman–Crippen LogP) is 3.39. The molecule has 0 radical (unpaired) electrons. The number of aromatic nitrogens is 2. The Balaban J connectivity index is 1.40. The van der Waals surface area contributed by atoms with Gasteiger partial charge in [0, 0.05) is 37.3 Å². The molecule has 8 heteroatoms. The summed E-state index contributed by atoms with van der Waals surface area (Å²) < 4.78 is 31.7. The molecule has 1 aliphatic heterocycles. The molecular formula is C22H20F2N4O2. The van der Waals surface area contributed by atoms with Crippen LogP contribution in [0.15, 0.2) is 54.6 Å². The number of benzene rings is 2. The number of halogens is 2. The molecule has 1 saturated heterocycles. The largest absolute Gasteiger partial charge is 0.497 e. The van der Waals surface area contributed by atoms with Gasteiger partial charge in [0.05, 0.1) is 12.8 Å². The first kappa shape index (κ1) is 19.8. The van der Waals surface area contributed by atoms with Gasteiger partial charge in [-0.2, -0.15) is 0 Å². The van der Waals surface area contributed by atoms with Crippen LogP contribution in [-0.4, -0.2) is 54.3 Å². The molecule has 0 spiro atoms. The van der Waals surface area contributed by atoms with E-state index in [0.717, 1.165) is 35.0 Å². The second-order valence-electron chi connectivity index (χ2n) is 6.92. The number of carbonyl (C=O) groups is 1. The summed E-state index contributed by atoms with van der Waals surface area (Å²) in [7, 11) is 1.62. The molecule has 154 valence electrons. The van der Waals surface area contributed by atoms with Crippen LogP contribution in [0.25, 0.3) is 11.3 Å². The van der Waals surface area contributed by atoms with Crippen molar-refractivity contribution in [3.05, 3.63) is 71.8 Å². The molecule has 0 atom stereocenters. The predicted molar refractivity (Wildman–Crippen MR) is 108 cm³/mol. The van der Waals surface area contributed by atoms with Gasteiger partial charge in [-0.25, -0.2) is 8.78 Å². The number of ether oxygens (including phenoxy) is 1. The lowest BCUT2D eigenvalue weighted by Gasteiger charge is -2.35. The van der Waals surface area contributed by atoms with Crippen LogP contribution >= 0.6 is 0 Å². The maximum atomic E-state index is 13.4. The van der Waals surface area contributed by atoms with Gasteiger partial charge >= 0.3 is 0 Å². The zero-order valence-electron chi connectivity index (χ0n) is 16.4. The molecule has 0 saturated carbocycles. The minimum Gasteiger partial charge on any atom is -0.497 e. The fourth-order valence-electron chi connectivity index (χ4n) is 3.38. The zero-order valence-corrected chi connectivity index (χ0v) is 16.4. The number of nitrogens with zero attached hydrogens (tertiary/aromatic N) is 4. The summed E-state index contributed by atoms with van der Waals surface area (Å²) in [5, 5.41) is 8.64. The van der Waals surface area contributed by atoms with Gasteiger partial charge < -0.3 is 14.5 Å². The van der Waals surface area contributed by atoms with Crippen LogP contribution in [-0.2, 0) is 0 Å². The molecule has 0 aliphatic carbocycles. The first-order chi connectivity index (χ1) is 14.5. The van der Waals surface area contributed by atoms with E-state index in [-0.39, 0.29) is 11.5 Å². The Morgan fingerprint density at radius 2 is 1.73 bits per heavy atom. The molecule has 6 nitrogen and oxygen atoms in total. The number of amides is 1. The van der Waals surface area contributed by atoms with Crippen molar-refractivity contribution in [1.82, 2.24) is 15.1 Å². The second kappa shape index (κ2) is 8.44. The van der Waals surface area contributed by atoms with Crippen molar-refractivity contribution >= 4 is 11.7 Å². The number of hydrogen-bond acceptors (Lipinski definition) is 5. The SMILES string of the molecule is COc1cccc(-c2ccc(N3CCN(C(=O)c4ccc(F)c(F)c4)CC3)nn2)c1. The van der Waals surface area contributed by atoms with Crippen molar-refractivity contribution in [3.8, 4) is 17.0 Å². The third kappa shape index (κ3) is 4.07. The second-order valence-corrected chi connectivity index (χ2v) is 6.92. The maximum absolute atomic E-state index is 13.4. The molecule has 30 heavy (non-hydrogen) atoms. The number of anilines is 1. The summed E-state index contributed by atoms with van der Waals surface area (Å²) >= 11 is 0. The molecule has 2 heterocycles. The summed E-state index contributed by atoms with van der Waals surface area (Å²) in [6.45, 7) is 2.06. The minimum atomic E-state index is -1.02. The molecule has 0 unspecified atom stereocenters. The fourth-order valence-corrected chi connectivity index (χ4v) is 3.38. The Bertz CT molecular complexity index is 1050. The average molecular weight is 410 g/mol. The van der Waals surface area contributed by atoms with E-state index in [2.05, 4.69) is 10.2 Å². The summed E-state index contributed by atoms with van der Waals surface area (Å²) in [5.74, 6) is -0.826. The highest BCUT2D eigenvalue weighted by Crippen LogP contribution is 2.23. The summed E-state index contributed by atoms with van der Waals surface area (Å²) in [6.07, 6.45) is 0. The van der Waals surface area contributed by atoms with Crippen LogP contribution in [0.2, 0.25) is 0 Å². The Labute approximate surface area is 172 Å². The van der Waals surface area contributed by atoms with Crippen LogP contribution in [0.3, 0.4) is 0 Å². The molecule has 1 aromatic heterocycles. The first-order valence-corrected chi connectivity index (χ1v) is 9.52. The maximum Gasteiger partial charge on any atom is 0.254 e. The van der Waals surface area contributed by atoms with Crippen molar-refractivity contribution < 1.29 is 18.3 Å². The Kier molecular flexibility index (Phi) is 5.56. The Hall–Kier alpha value is -3.55. The number of methoxy groups -OCH3 is 1. The molecule has 0 N–H and O–H groups in total. The third-order valence-electron chi connectivity index (χ3n) is 5.07. The lowest BCUT2D eigenvalue weighted by Crippen LogP contribution is -2.49. The monoisotopic (exact) mass is 410 g/mol. The molecule has 3 aromatic rings. The van der Waals surface area contributed by atoms with Crippen LogP contribution in [0.1, 0.15) is 10.4 Å². The van der Waals surface area contributed by atoms with Crippen molar-refractivity contribution in [2.45, 2.75) is 0 Å². The highest BCUT2D eigenvalue weighted by Gasteiger charge is 2.23. The summed E-state index contributed by atoms with van der Waals surface area (Å²) in [5.41, 5.74) is 1.80. The van der Waals surface area contributed by atoms with Crippen LogP contribution in [0.5, 0.6) is 5.75 Å². The molecular weight excluding hydrogens is 390 g/mol. The van der Waals surface area contributed by atoms with Gasteiger partial charge in [-0.15, -0.1) is 10.2 Å². The average Bonchev–Trinajstić information content (AvgIpc) is 2.80. The normalized spacial score (nSPS) is 14.0. The van der Waals surface area contributed by atoms with Crippen molar-refractivity contribution in [2.24, 2.45) is 0 Å². The number of carbonyl (C=O) groups excluding carboxylic acids is 1. The van der Waals surface area contributed by atoms with Gasteiger partial charge in [-0.3, -0.25) is 4.79 Å². The van der Waals surface area contributed by atoms with E-state index in [1.165, 1.54) is 6.07 Å². The smallest absolute Gasteiger partial charge is 0.254 e.